The molecule has 2 rings (SSSR count). The second-order valence-electron chi connectivity index (χ2n) is 4.09. The van der Waals surface area contributed by atoms with E-state index in [9.17, 15) is 4.79 Å². The van der Waals surface area contributed by atoms with Gasteiger partial charge in [-0.15, -0.1) is 0 Å². The van der Waals surface area contributed by atoms with Gasteiger partial charge in [-0.25, -0.2) is 0 Å². The number of nitrogens with one attached hydrogen (secondary N) is 1. The third-order valence-corrected chi connectivity index (χ3v) is 2.31. The van der Waals surface area contributed by atoms with Crippen LogP contribution in [-0.4, -0.2) is 11.1 Å². The minimum absolute atomic E-state index is 0.103. The van der Waals surface area contributed by atoms with Gasteiger partial charge in [0.2, 0.25) is 5.56 Å². The smallest absolute Gasteiger partial charge is 0.248 e. The highest BCUT2D eigenvalue weighted by molar-refractivity contribution is 5.66. The second-order valence-corrected chi connectivity index (χ2v) is 4.09. The summed E-state index contributed by atoms with van der Waals surface area (Å²) >= 11 is 0. The molecule has 1 N–H and O–H groups in total. The molecule has 1 heterocycles. The summed E-state index contributed by atoms with van der Waals surface area (Å²) in [5.41, 5.74) is 1.56. The first-order valence-corrected chi connectivity index (χ1v) is 5.62. The average molecular weight is 229 g/mol. The minimum atomic E-state index is -0.109. The van der Waals surface area contributed by atoms with Crippen LogP contribution in [0.15, 0.2) is 47.3 Å². The van der Waals surface area contributed by atoms with Gasteiger partial charge < -0.3 is 9.72 Å². The van der Waals surface area contributed by atoms with Crippen molar-refractivity contribution in [1.82, 2.24) is 4.98 Å². The molecule has 0 aliphatic carbocycles. The summed E-state index contributed by atoms with van der Waals surface area (Å²) in [6.45, 7) is 3.95. The van der Waals surface area contributed by atoms with E-state index in [4.69, 9.17) is 4.74 Å². The van der Waals surface area contributed by atoms with E-state index in [-0.39, 0.29) is 11.7 Å². The number of benzene rings is 1. The van der Waals surface area contributed by atoms with Crippen LogP contribution in [0.25, 0.3) is 11.3 Å². The highest BCUT2D eigenvalue weighted by Gasteiger charge is 2.07. The summed E-state index contributed by atoms with van der Waals surface area (Å²) in [5, 5.41) is 0. The van der Waals surface area contributed by atoms with E-state index < -0.39 is 0 Å². The lowest BCUT2D eigenvalue weighted by molar-refractivity contribution is 0.243. The van der Waals surface area contributed by atoms with Gasteiger partial charge in [0, 0.05) is 11.6 Å². The molecule has 0 unspecified atom stereocenters. The fourth-order valence-corrected chi connectivity index (χ4v) is 1.65. The van der Waals surface area contributed by atoms with Gasteiger partial charge in [0.05, 0.1) is 11.8 Å². The quantitative estimate of drug-likeness (QED) is 0.879. The summed E-state index contributed by atoms with van der Waals surface area (Å²) < 4.78 is 5.72. The maximum Gasteiger partial charge on any atom is 0.248 e. The van der Waals surface area contributed by atoms with Gasteiger partial charge in [-0.2, -0.15) is 0 Å². The molecule has 1 aromatic carbocycles. The van der Waals surface area contributed by atoms with E-state index >= 15 is 0 Å². The molecular formula is C14H15NO2. The predicted molar refractivity (Wildman–Crippen MR) is 68.3 cm³/mol. The minimum Gasteiger partial charge on any atom is -0.490 e. The number of ether oxygens (including phenoxy) is 1. The first-order valence-electron chi connectivity index (χ1n) is 5.62. The van der Waals surface area contributed by atoms with Gasteiger partial charge in [-0.05, 0) is 32.0 Å². The van der Waals surface area contributed by atoms with Gasteiger partial charge in [-0.1, -0.05) is 18.2 Å². The van der Waals surface area contributed by atoms with Crippen molar-refractivity contribution in [2.75, 3.05) is 0 Å². The van der Waals surface area contributed by atoms with Crippen molar-refractivity contribution in [3.8, 4) is 17.0 Å². The summed E-state index contributed by atoms with van der Waals surface area (Å²) in [6, 6.07) is 12.8. The molecule has 0 fully saturated rings. The number of aromatic amines is 1. The van der Waals surface area contributed by atoms with E-state index in [1.54, 1.807) is 6.07 Å². The Morgan fingerprint density at radius 2 is 1.82 bits per heavy atom. The van der Waals surface area contributed by atoms with Gasteiger partial charge in [0.15, 0.2) is 0 Å². The molecular weight excluding hydrogens is 214 g/mol. The van der Waals surface area contributed by atoms with E-state index in [2.05, 4.69) is 4.98 Å². The van der Waals surface area contributed by atoms with Gasteiger partial charge in [-0.3, -0.25) is 4.79 Å². The first kappa shape index (κ1) is 11.5. The maximum atomic E-state index is 11.3. The normalized spacial score (nSPS) is 10.5. The Kier molecular flexibility index (Phi) is 3.28. The molecule has 0 saturated heterocycles. The molecule has 3 heteroatoms. The Balaban J connectivity index is 2.48. The molecule has 0 radical (unpaired) electrons. The zero-order chi connectivity index (χ0) is 12.3. The number of pyridine rings is 1. The summed E-state index contributed by atoms with van der Waals surface area (Å²) in [6.07, 6.45) is 0.103. The van der Waals surface area contributed by atoms with Crippen LogP contribution in [0.1, 0.15) is 13.8 Å². The van der Waals surface area contributed by atoms with Crippen molar-refractivity contribution >= 4 is 0 Å². The highest BCUT2D eigenvalue weighted by Crippen LogP contribution is 2.28. The largest absolute Gasteiger partial charge is 0.490 e. The van der Waals surface area contributed by atoms with Crippen molar-refractivity contribution in [1.29, 1.82) is 0 Å². The number of aromatic nitrogens is 1. The monoisotopic (exact) mass is 229 g/mol. The Morgan fingerprint density at radius 1 is 1.06 bits per heavy atom. The topological polar surface area (TPSA) is 42.1 Å². The Hall–Kier alpha value is -2.03. The summed E-state index contributed by atoms with van der Waals surface area (Å²) in [7, 11) is 0. The van der Waals surface area contributed by atoms with Gasteiger partial charge >= 0.3 is 0 Å². The first-order chi connectivity index (χ1) is 8.16. The molecule has 1 aromatic heterocycles. The number of hydrogen-bond acceptors (Lipinski definition) is 2. The van der Waals surface area contributed by atoms with Gasteiger partial charge in [0.1, 0.15) is 5.75 Å². The van der Waals surface area contributed by atoms with Crippen molar-refractivity contribution in [2.45, 2.75) is 20.0 Å². The molecule has 0 bridgehead atoms. The fourth-order valence-electron chi connectivity index (χ4n) is 1.65. The van der Waals surface area contributed by atoms with Crippen molar-refractivity contribution in [3.63, 3.8) is 0 Å². The summed E-state index contributed by atoms with van der Waals surface area (Å²) in [4.78, 5) is 14.1. The summed E-state index contributed by atoms with van der Waals surface area (Å²) in [5.74, 6) is 0.782. The molecule has 0 aliphatic heterocycles. The molecule has 2 aromatic rings. The zero-order valence-electron chi connectivity index (χ0n) is 9.94. The Morgan fingerprint density at radius 3 is 2.53 bits per heavy atom. The lowest BCUT2D eigenvalue weighted by Crippen LogP contribution is -2.08. The van der Waals surface area contributed by atoms with Crippen LogP contribution in [0.2, 0.25) is 0 Å². The standard InChI is InChI=1S/C14H15NO2/c1-10(2)17-13-8-4-3-6-11(13)12-7-5-9-14(16)15-12/h3-10H,1-2H3,(H,15,16). The van der Waals surface area contributed by atoms with E-state index in [0.29, 0.717) is 0 Å². The molecule has 17 heavy (non-hydrogen) atoms. The lowest BCUT2D eigenvalue weighted by atomic mass is 10.1. The molecule has 0 spiro atoms. The SMILES string of the molecule is CC(C)Oc1ccccc1-c1cccc(=O)[nH]1. The van der Waals surface area contributed by atoms with Crippen LogP contribution in [0.5, 0.6) is 5.75 Å². The molecule has 0 atom stereocenters. The molecule has 0 amide bonds. The molecule has 3 nitrogen and oxygen atoms in total. The highest BCUT2D eigenvalue weighted by atomic mass is 16.5. The third kappa shape index (κ3) is 2.75. The Bertz CT molecular complexity index is 558. The number of rotatable bonds is 3. The van der Waals surface area contributed by atoms with Crippen LogP contribution in [0.4, 0.5) is 0 Å². The van der Waals surface area contributed by atoms with Crippen LogP contribution in [0.3, 0.4) is 0 Å². The van der Waals surface area contributed by atoms with Crippen LogP contribution < -0.4 is 10.3 Å². The fraction of sp³-hybridized carbons (Fsp3) is 0.214. The maximum absolute atomic E-state index is 11.3. The predicted octanol–water partition coefficient (Wildman–Crippen LogP) is 2.83. The number of para-hydroxylation sites is 1. The van der Waals surface area contributed by atoms with Crippen LogP contribution >= 0.6 is 0 Å². The van der Waals surface area contributed by atoms with Crippen LogP contribution in [0, 0.1) is 0 Å². The van der Waals surface area contributed by atoms with E-state index in [1.165, 1.54) is 6.07 Å². The molecule has 0 saturated carbocycles. The van der Waals surface area contributed by atoms with Gasteiger partial charge in [0.25, 0.3) is 0 Å². The van der Waals surface area contributed by atoms with Crippen molar-refractivity contribution < 1.29 is 4.74 Å². The van der Waals surface area contributed by atoms with Crippen molar-refractivity contribution in [2.24, 2.45) is 0 Å². The van der Waals surface area contributed by atoms with Crippen molar-refractivity contribution in [3.05, 3.63) is 52.8 Å². The zero-order valence-corrected chi connectivity index (χ0v) is 9.94. The second kappa shape index (κ2) is 4.87. The lowest BCUT2D eigenvalue weighted by Gasteiger charge is -2.13. The third-order valence-electron chi connectivity index (χ3n) is 2.31. The number of H-pyrrole nitrogens is 1. The molecule has 0 aliphatic rings. The molecule has 88 valence electrons. The van der Waals surface area contributed by atoms with E-state index in [1.807, 2.05) is 44.2 Å². The van der Waals surface area contributed by atoms with Crippen LogP contribution in [-0.2, 0) is 0 Å². The Labute approximate surface area is 100 Å². The van der Waals surface area contributed by atoms with E-state index in [0.717, 1.165) is 17.0 Å². The number of hydrogen-bond donors (Lipinski definition) is 1. The average Bonchev–Trinajstić information content (AvgIpc) is 2.29.